The van der Waals surface area contributed by atoms with Gasteiger partial charge in [0.25, 0.3) is 22.2 Å². The number of hydrogen-bond donors (Lipinski definition) is 24. The Labute approximate surface area is 640 Å². The van der Waals surface area contributed by atoms with Crippen LogP contribution in [0, 0.1) is 0 Å². The number of nitrogens with zero attached hydrogens (tertiary/aromatic N) is 4. The van der Waals surface area contributed by atoms with E-state index in [0.29, 0.717) is 38.4 Å². The highest BCUT2D eigenvalue weighted by Gasteiger charge is 2.56. The molecule has 80 heteroatoms. The van der Waals surface area contributed by atoms with Gasteiger partial charge in [-0.1, -0.05) is 0 Å². The Balaban J connectivity index is 0.000000291. The van der Waals surface area contributed by atoms with Crippen molar-refractivity contribution in [2.24, 2.45) is 0 Å². The largest absolute Gasteiger partial charge is 0.490 e. The van der Waals surface area contributed by atoms with Crippen LogP contribution in [0.5, 0.6) is 0 Å². The predicted molar refractivity (Wildman–Crippen MR) is 343 cm³/mol. The summed E-state index contributed by atoms with van der Waals surface area (Å²) in [5.41, 5.74) is -8.63. The zero-order chi connectivity index (χ0) is 95.4. The molecule has 0 amide bonds. The first-order valence-electron chi connectivity index (χ1n) is 31.4. The standard InChI is InChI=1S/4C9H14FN2O14P3/c4*10-9(4-23-28(19,20)26-29(21,22)25-27(16,17)18)3-5(13)7(24-9)12-2-1-6(14)11-8(12)15/h4*1-2,5,7,13H,3-4H2,(H,19,20)(H,21,22)(H,11,14,15)(H2,16,17,18)/t4*5-,7-,9+/m1111/s1/i4D2,7D;2*7D;4D2. The first-order valence-corrected chi connectivity index (χ1v) is 46.0. The van der Waals surface area contributed by atoms with E-state index in [2.05, 4.69) is 71.5 Å². The Bertz CT molecular complexity index is 5600. The number of nitrogens with one attached hydrogen (secondary N) is 4. The Morgan fingerprint density at radius 2 is 0.560 bits per heavy atom. The van der Waals surface area contributed by atoms with Crippen molar-refractivity contribution in [3.63, 3.8) is 0 Å². The summed E-state index contributed by atoms with van der Waals surface area (Å²) in [4.78, 5) is 239. The van der Waals surface area contributed by atoms with Gasteiger partial charge in [-0.2, -0.15) is 34.5 Å². The molecule has 0 radical (unpaired) electrons. The van der Waals surface area contributed by atoms with E-state index in [-0.39, 0.29) is 4.57 Å². The first-order chi connectivity index (χ1) is 54.6. The Hall–Kier alpha value is -4.24. The van der Waals surface area contributed by atoms with Gasteiger partial charge in [0, 0.05) is 74.7 Å². The number of alkyl halides is 4. The summed E-state index contributed by atoms with van der Waals surface area (Å²) in [6, 6.07) is 2.99. The summed E-state index contributed by atoms with van der Waals surface area (Å²) < 4.78 is 311. The van der Waals surface area contributed by atoms with Crippen molar-refractivity contribution in [3.05, 3.63) is 132 Å². The summed E-state index contributed by atoms with van der Waals surface area (Å²) in [5, 5.41) is 39.9. The number of H-pyrrole nitrogens is 4. The van der Waals surface area contributed by atoms with Crippen LogP contribution < -0.4 is 45.0 Å². The van der Waals surface area contributed by atoms with Crippen LogP contribution >= 0.6 is 93.9 Å². The summed E-state index contributed by atoms with van der Waals surface area (Å²) in [6.45, 7) is -11.4. The van der Waals surface area contributed by atoms with Crippen molar-refractivity contribution in [1.82, 2.24) is 38.2 Å². The number of aromatic amines is 4. The predicted octanol–water partition coefficient (Wildman–Crippen LogP) is -4.70. The second-order valence-corrected chi connectivity index (χ2v) is 38.8. The van der Waals surface area contributed by atoms with Gasteiger partial charge < -0.3 is 118 Å². The van der Waals surface area contributed by atoms with Crippen molar-refractivity contribution < 1.29 is 252 Å². The molecular formula is C36H56F4N8O56P12. The van der Waals surface area contributed by atoms with Gasteiger partial charge in [0.1, 0.15) is 50.7 Å². The average molecular weight is 1950 g/mol. The normalized spacial score (nSPS) is 32.3. The molecule has 0 aliphatic carbocycles. The highest BCUT2D eigenvalue weighted by Crippen LogP contribution is 2.70. The van der Waals surface area contributed by atoms with Crippen molar-refractivity contribution in [2.45, 2.75) is 98.4 Å². The van der Waals surface area contributed by atoms with E-state index >= 15 is 8.78 Å². The van der Waals surface area contributed by atoms with Crippen LogP contribution in [-0.2, 0) is 126 Å². The molecule has 0 spiro atoms. The van der Waals surface area contributed by atoms with Gasteiger partial charge in [0.2, 0.25) is 23.4 Å². The van der Waals surface area contributed by atoms with Gasteiger partial charge in [0.15, 0.2) is 24.8 Å². The smallest absolute Gasteiger partial charge is 0.388 e. The van der Waals surface area contributed by atoms with Crippen LogP contribution in [0.1, 0.15) is 60.1 Å². The summed E-state index contributed by atoms with van der Waals surface area (Å²) in [6.07, 6.45) is -21.5. The second-order valence-electron chi connectivity index (χ2n) is 21.2. The highest BCUT2D eigenvalue weighted by atomic mass is 31.3. The van der Waals surface area contributed by atoms with Crippen LogP contribution in [0.4, 0.5) is 17.6 Å². The van der Waals surface area contributed by atoms with Crippen molar-refractivity contribution in [2.75, 3.05) is 26.3 Å². The van der Waals surface area contributed by atoms with Crippen molar-refractivity contribution >= 4 is 93.9 Å². The molecule has 4 aromatic rings. The maximum absolute atomic E-state index is 15.2. The van der Waals surface area contributed by atoms with Crippen LogP contribution in [0.25, 0.3) is 0 Å². The van der Waals surface area contributed by atoms with Crippen LogP contribution in [0.15, 0.2) is 87.4 Å². The molecule has 24 N–H and O–H groups in total. The number of phosphoric acid groups is 12. The summed E-state index contributed by atoms with van der Waals surface area (Å²) >= 11 is 0. The number of aliphatic hydroxyl groups is 4. The lowest BCUT2D eigenvalue weighted by Gasteiger charge is -2.22. The van der Waals surface area contributed by atoms with Gasteiger partial charge in [0.05, 0.1) is 9.60 Å². The molecule has 8 unspecified atom stereocenters. The minimum Gasteiger partial charge on any atom is -0.388 e. The monoisotopic (exact) mass is 1950 g/mol. The minimum absolute atomic E-state index is 0.154. The molecule has 20 atom stereocenters. The molecule has 0 bridgehead atoms. The van der Waals surface area contributed by atoms with E-state index in [4.69, 9.17) is 68.3 Å². The summed E-state index contributed by atoms with van der Waals surface area (Å²) in [5.74, 6) is -14.3. The molecule has 4 saturated heterocycles. The number of rotatable bonds is 32. The lowest BCUT2D eigenvalue weighted by molar-refractivity contribution is -0.178. The lowest BCUT2D eigenvalue weighted by Crippen LogP contribution is -2.35. The summed E-state index contributed by atoms with van der Waals surface area (Å²) in [7, 11) is -70.3. The SMILES string of the molecule is [2H]C([2H])(OP(=O)(O)OP(=O)(O)OP(=O)(O)O)[C@]1(F)C[C@@H](O)[C@H](n2ccc(=O)[nH]c2=O)O1.[2H]C([2H])(OP(=O)(O)OP(=O)(O)OP(=O)(O)O)[C@]1(F)C[C@@H](O)[C@]([2H])(n2ccc(=O)[nH]c2=O)O1.[2H][C@@]1(n2ccc(=O)[nH]c2=O)O[C@](F)(COP(=O)(O)OP(=O)(O)OP(=O)(O)O)C[C@H]1O.[2H][C@@]1(n2ccc(=O)[nH]c2=O)O[C@](F)(COP(=O)(O)OP(=O)(O)OP(=O)(O)O)C[C@H]1O. The number of halogens is 4. The molecule has 4 aliphatic heterocycles. The van der Waals surface area contributed by atoms with E-state index in [1.54, 1.807) is 19.9 Å². The molecule has 4 aliphatic rings. The van der Waals surface area contributed by atoms with Crippen LogP contribution in [-0.4, -0.2) is 211 Å². The fraction of sp³-hybridized carbons (Fsp3) is 0.556. The van der Waals surface area contributed by atoms with E-state index in [1.807, 2.05) is 0 Å². The first kappa shape index (κ1) is 91.0. The fourth-order valence-electron chi connectivity index (χ4n) is 8.03. The molecule has 116 heavy (non-hydrogen) atoms. The highest BCUT2D eigenvalue weighted by molar-refractivity contribution is 7.68. The van der Waals surface area contributed by atoms with Gasteiger partial charge in [-0.3, -0.25) is 75.5 Å². The minimum atomic E-state index is -6.20. The third kappa shape index (κ3) is 33.9. The maximum atomic E-state index is 15.2. The zero-order valence-electron chi connectivity index (χ0n) is 61.6. The van der Waals surface area contributed by atoms with E-state index in [9.17, 15) is 142 Å². The van der Waals surface area contributed by atoms with Crippen molar-refractivity contribution in [1.29, 1.82) is 0 Å². The number of aliphatic hydroxyl groups excluding tert-OH is 4. The maximum Gasteiger partial charge on any atom is 0.490 e. The fourth-order valence-corrected chi connectivity index (χ4v) is 19.9. The van der Waals surface area contributed by atoms with Gasteiger partial charge in [-0.25, -0.2) is 91.5 Å². The lowest BCUT2D eigenvalue weighted by atomic mass is 10.2. The molecule has 4 fully saturated rings. The molecule has 8 rings (SSSR count). The van der Waals surface area contributed by atoms with Gasteiger partial charge in [-0.15, -0.1) is 0 Å². The molecule has 4 aromatic heterocycles. The number of ether oxygens (including phenoxy) is 4. The third-order valence-electron chi connectivity index (χ3n) is 11.7. The third-order valence-corrected chi connectivity index (χ3v) is 26.6. The van der Waals surface area contributed by atoms with Gasteiger partial charge >= 0.3 is 117 Å². The Morgan fingerprint density at radius 1 is 0.345 bits per heavy atom. The topological polar surface area (TPSA) is 977 Å². The van der Waals surface area contributed by atoms with E-state index in [0.717, 1.165) is 24.4 Å². The average Bonchev–Trinajstić information content (AvgIpc) is 1.67. The van der Waals surface area contributed by atoms with E-state index < -0.39 is 264 Å². The number of phosphoric ester groups is 4. The van der Waals surface area contributed by atoms with Gasteiger partial charge in [-0.05, 0) is 0 Å². The zero-order valence-corrected chi connectivity index (χ0v) is 65.3. The Morgan fingerprint density at radius 3 is 0.810 bits per heavy atom. The molecule has 8 heterocycles. The Kier molecular flexibility index (Phi) is 29.7. The molecule has 664 valence electrons. The molecule has 0 saturated carbocycles. The molecule has 0 aromatic carbocycles. The quantitative estimate of drug-likeness (QED) is 0.0161. The van der Waals surface area contributed by atoms with E-state index in [1.165, 1.54) is 0 Å². The molecule has 64 nitrogen and oxygen atoms in total. The van der Waals surface area contributed by atoms with Crippen LogP contribution in [0.2, 0.25) is 0 Å². The molecular weight excluding hydrogens is 1890 g/mol. The number of aromatic nitrogens is 8. The van der Waals surface area contributed by atoms with Crippen molar-refractivity contribution in [3.8, 4) is 0 Å². The number of hydrogen-bond acceptors (Lipinski definition) is 40. The van der Waals surface area contributed by atoms with Crippen LogP contribution in [0.3, 0.4) is 0 Å². The second kappa shape index (κ2) is 37.8.